The van der Waals surface area contributed by atoms with E-state index < -0.39 is 0 Å². The molecule has 0 bridgehead atoms. The van der Waals surface area contributed by atoms with Gasteiger partial charge in [-0.1, -0.05) is 36.4 Å². The molecule has 0 aliphatic carbocycles. The smallest absolute Gasteiger partial charge is 0.251 e. The van der Waals surface area contributed by atoms with Gasteiger partial charge in [-0.15, -0.1) is 0 Å². The number of likely N-dealkylation sites (tertiary alicyclic amines) is 1. The van der Waals surface area contributed by atoms with Gasteiger partial charge in [-0.3, -0.25) is 4.79 Å². The lowest BCUT2D eigenvalue weighted by Crippen LogP contribution is -2.39. The summed E-state index contributed by atoms with van der Waals surface area (Å²) in [6.07, 6.45) is 3.38. The first-order valence-electron chi connectivity index (χ1n) is 8.99. The van der Waals surface area contributed by atoms with Gasteiger partial charge in [0.1, 0.15) is 11.9 Å². The van der Waals surface area contributed by atoms with Crippen molar-refractivity contribution in [1.29, 1.82) is 0 Å². The molecule has 4 heteroatoms. The molecule has 1 aliphatic rings. The Kier molecular flexibility index (Phi) is 6.07. The number of nitrogens with one attached hydrogen (secondary N) is 1. The molecule has 1 amide bonds. The number of carbonyl (C=O) groups excluding carboxylic acids is 1. The molecule has 1 N–H and O–H groups in total. The first-order valence-corrected chi connectivity index (χ1v) is 8.99. The van der Waals surface area contributed by atoms with Gasteiger partial charge in [0.2, 0.25) is 0 Å². The van der Waals surface area contributed by atoms with E-state index in [1.54, 1.807) is 13.1 Å². The molecule has 1 heterocycles. The molecule has 4 nitrogen and oxygen atoms in total. The van der Waals surface area contributed by atoms with E-state index in [0.29, 0.717) is 5.56 Å². The van der Waals surface area contributed by atoms with Crippen LogP contribution in [-0.4, -0.2) is 43.6 Å². The van der Waals surface area contributed by atoms with Crippen LogP contribution in [0.2, 0.25) is 0 Å². The van der Waals surface area contributed by atoms with E-state index in [1.807, 2.05) is 18.2 Å². The van der Waals surface area contributed by atoms with Crippen molar-refractivity contribution < 1.29 is 9.53 Å². The van der Waals surface area contributed by atoms with Crippen LogP contribution in [0.3, 0.4) is 0 Å². The van der Waals surface area contributed by atoms with Crippen molar-refractivity contribution in [1.82, 2.24) is 10.2 Å². The van der Waals surface area contributed by atoms with E-state index in [9.17, 15) is 4.79 Å². The van der Waals surface area contributed by atoms with Crippen LogP contribution in [0.15, 0.2) is 54.6 Å². The molecule has 0 unspecified atom stereocenters. The average molecular weight is 338 g/mol. The van der Waals surface area contributed by atoms with E-state index >= 15 is 0 Å². The van der Waals surface area contributed by atoms with E-state index in [2.05, 4.69) is 40.5 Å². The van der Waals surface area contributed by atoms with Crippen LogP contribution in [0.4, 0.5) is 0 Å². The Morgan fingerprint density at radius 3 is 2.60 bits per heavy atom. The third-order valence-corrected chi connectivity index (χ3v) is 4.72. The van der Waals surface area contributed by atoms with Crippen molar-refractivity contribution >= 4 is 5.91 Å². The van der Waals surface area contributed by atoms with Crippen molar-refractivity contribution in [2.75, 3.05) is 26.7 Å². The SMILES string of the molecule is CNC(=O)c1cccc(OC2CCN(CCc3ccccc3)CC2)c1. The Morgan fingerprint density at radius 1 is 1.12 bits per heavy atom. The van der Waals surface area contributed by atoms with E-state index in [4.69, 9.17) is 4.74 Å². The molecule has 3 rings (SSSR count). The highest BCUT2D eigenvalue weighted by atomic mass is 16.5. The largest absolute Gasteiger partial charge is 0.490 e. The summed E-state index contributed by atoms with van der Waals surface area (Å²) in [5.41, 5.74) is 2.03. The topological polar surface area (TPSA) is 41.6 Å². The van der Waals surface area contributed by atoms with Crippen molar-refractivity contribution in [3.05, 3.63) is 65.7 Å². The van der Waals surface area contributed by atoms with Gasteiger partial charge in [0, 0.05) is 32.2 Å². The number of nitrogens with zero attached hydrogens (tertiary/aromatic N) is 1. The monoisotopic (exact) mass is 338 g/mol. The van der Waals surface area contributed by atoms with Crippen molar-refractivity contribution in [2.24, 2.45) is 0 Å². The number of hydrogen-bond donors (Lipinski definition) is 1. The van der Waals surface area contributed by atoms with Gasteiger partial charge >= 0.3 is 0 Å². The maximum absolute atomic E-state index is 11.7. The fraction of sp³-hybridized carbons (Fsp3) is 0.381. The summed E-state index contributed by atoms with van der Waals surface area (Å²) in [7, 11) is 1.64. The quantitative estimate of drug-likeness (QED) is 0.880. The molecule has 0 radical (unpaired) electrons. The van der Waals surface area contributed by atoms with Crippen LogP contribution in [0, 0.1) is 0 Å². The summed E-state index contributed by atoms with van der Waals surface area (Å²) in [5.74, 6) is 0.699. The first-order chi connectivity index (χ1) is 12.2. The number of carbonyl (C=O) groups is 1. The molecular formula is C21H26N2O2. The lowest BCUT2D eigenvalue weighted by Gasteiger charge is -2.32. The minimum atomic E-state index is -0.0822. The van der Waals surface area contributed by atoms with E-state index in [-0.39, 0.29) is 12.0 Å². The molecule has 25 heavy (non-hydrogen) atoms. The number of rotatable bonds is 6. The van der Waals surface area contributed by atoms with Crippen molar-refractivity contribution in [2.45, 2.75) is 25.4 Å². The second-order valence-corrected chi connectivity index (χ2v) is 6.50. The summed E-state index contributed by atoms with van der Waals surface area (Å²) in [4.78, 5) is 14.2. The Morgan fingerprint density at radius 2 is 1.88 bits per heavy atom. The van der Waals surface area contributed by atoms with Crippen LogP contribution >= 0.6 is 0 Å². The fourth-order valence-corrected chi connectivity index (χ4v) is 3.23. The zero-order valence-corrected chi connectivity index (χ0v) is 14.8. The van der Waals surface area contributed by atoms with Crippen LogP contribution in [-0.2, 0) is 6.42 Å². The van der Waals surface area contributed by atoms with Crippen molar-refractivity contribution in [3.8, 4) is 5.75 Å². The summed E-state index contributed by atoms with van der Waals surface area (Å²) in [6.45, 7) is 3.22. The minimum absolute atomic E-state index is 0.0822. The molecule has 0 saturated carbocycles. The van der Waals surface area contributed by atoms with E-state index in [1.165, 1.54) is 5.56 Å². The molecule has 1 saturated heterocycles. The Labute approximate surface area is 149 Å². The lowest BCUT2D eigenvalue weighted by molar-refractivity contribution is 0.0953. The van der Waals surface area contributed by atoms with Gasteiger partial charge in [0.05, 0.1) is 0 Å². The van der Waals surface area contributed by atoms with E-state index in [0.717, 1.165) is 44.6 Å². The summed E-state index contributed by atoms with van der Waals surface area (Å²) in [5, 5.41) is 2.64. The average Bonchev–Trinajstić information content (AvgIpc) is 2.68. The first kappa shape index (κ1) is 17.5. The number of amides is 1. The zero-order valence-electron chi connectivity index (χ0n) is 14.8. The van der Waals surface area contributed by atoms with Gasteiger partial charge in [-0.05, 0) is 43.0 Å². The highest BCUT2D eigenvalue weighted by Crippen LogP contribution is 2.20. The standard InChI is InChI=1S/C21H26N2O2/c1-22-21(24)18-8-5-9-20(16-18)25-19-11-14-23(15-12-19)13-10-17-6-3-2-4-7-17/h2-9,16,19H,10-15H2,1H3,(H,22,24). The maximum atomic E-state index is 11.7. The third kappa shape index (κ3) is 5.07. The van der Waals surface area contributed by atoms with Gasteiger partial charge < -0.3 is 15.0 Å². The predicted octanol–water partition coefficient (Wildman–Crippen LogP) is 3.13. The van der Waals surface area contributed by atoms with Crippen LogP contribution in [0.25, 0.3) is 0 Å². The number of hydrogen-bond acceptors (Lipinski definition) is 3. The van der Waals surface area contributed by atoms with Crippen LogP contribution in [0.5, 0.6) is 5.75 Å². The normalized spacial score (nSPS) is 15.7. The maximum Gasteiger partial charge on any atom is 0.251 e. The summed E-state index contributed by atoms with van der Waals surface area (Å²) in [6, 6.07) is 18.1. The van der Waals surface area contributed by atoms with Gasteiger partial charge in [-0.2, -0.15) is 0 Å². The van der Waals surface area contributed by atoms with Gasteiger partial charge in [0.15, 0.2) is 0 Å². The summed E-state index contributed by atoms with van der Waals surface area (Å²) < 4.78 is 6.10. The fourth-order valence-electron chi connectivity index (χ4n) is 3.23. The number of benzene rings is 2. The molecule has 0 atom stereocenters. The second-order valence-electron chi connectivity index (χ2n) is 6.50. The lowest BCUT2D eigenvalue weighted by atomic mass is 10.1. The molecular weight excluding hydrogens is 312 g/mol. The third-order valence-electron chi connectivity index (χ3n) is 4.72. The minimum Gasteiger partial charge on any atom is -0.490 e. The van der Waals surface area contributed by atoms with Crippen molar-refractivity contribution in [3.63, 3.8) is 0 Å². The van der Waals surface area contributed by atoms with Crippen LogP contribution < -0.4 is 10.1 Å². The highest BCUT2D eigenvalue weighted by Gasteiger charge is 2.20. The Bertz CT molecular complexity index is 679. The highest BCUT2D eigenvalue weighted by molar-refractivity contribution is 5.94. The molecule has 2 aromatic carbocycles. The Balaban J connectivity index is 1.45. The molecule has 0 spiro atoms. The van der Waals surface area contributed by atoms with Gasteiger partial charge in [0.25, 0.3) is 5.91 Å². The molecule has 2 aromatic rings. The number of piperidine rings is 1. The molecule has 132 valence electrons. The zero-order chi connectivity index (χ0) is 17.5. The molecule has 0 aromatic heterocycles. The summed E-state index contributed by atoms with van der Waals surface area (Å²) >= 11 is 0. The van der Waals surface area contributed by atoms with Crippen LogP contribution in [0.1, 0.15) is 28.8 Å². The van der Waals surface area contributed by atoms with Gasteiger partial charge in [-0.25, -0.2) is 0 Å². The number of ether oxygens (including phenoxy) is 1. The second kappa shape index (κ2) is 8.67. The molecule has 1 aliphatic heterocycles. The predicted molar refractivity (Wildman–Crippen MR) is 100 cm³/mol. The molecule has 1 fully saturated rings. The Hall–Kier alpha value is -2.33.